The van der Waals surface area contributed by atoms with Crippen LogP contribution in [0.2, 0.25) is 0 Å². The molecule has 0 aromatic heterocycles. The normalized spacial score (nSPS) is 13.5. The van der Waals surface area contributed by atoms with Gasteiger partial charge in [-0.1, -0.05) is 204 Å². The first-order valence-corrected chi connectivity index (χ1v) is 26.0. The summed E-state index contributed by atoms with van der Waals surface area (Å²) in [6.07, 6.45) is 52.2. The lowest BCUT2D eigenvalue weighted by Gasteiger charge is -2.15. The fraction of sp³-hybridized carbons (Fsp3) is 0.837. The molecule has 2 atom stereocenters. The Bertz CT molecular complexity index is 1060. The number of carbonyl (C=O) groups is 2. The molecule has 0 bridgehead atoms. The minimum atomic E-state index is -4.42. The third kappa shape index (κ3) is 47.1. The molecule has 0 spiro atoms. The van der Waals surface area contributed by atoms with Gasteiger partial charge in [-0.2, -0.15) is 0 Å². The monoisotopic (exact) mass is 854 g/mol. The average Bonchev–Trinajstić information content (AvgIpc) is 3.22. The van der Waals surface area contributed by atoms with Gasteiger partial charge in [0, 0.05) is 19.4 Å². The lowest BCUT2D eigenvalue weighted by atomic mass is 10.0. The maximum absolute atomic E-state index is 12.1. The van der Waals surface area contributed by atoms with Crippen LogP contribution < -0.4 is 5.32 Å². The van der Waals surface area contributed by atoms with Crippen molar-refractivity contribution < 1.29 is 37.9 Å². The maximum atomic E-state index is 12.1. The van der Waals surface area contributed by atoms with Crippen molar-refractivity contribution in [3.8, 4) is 0 Å². The van der Waals surface area contributed by atoms with Crippen molar-refractivity contribution >= 4 is 19.7 Å². The summed E-state index contributed by atoms with van der Waals surface area (Å²) >= 11 is 0. The number of hydrogen-bond acceptors (Lipinski definition) is 7. The number of rotatable bonds is 46. The summed E-state index contributed by atoms with van der Waals surface area (Å²) < 4.78 is 26.9. The predicted octanol–water partition coefficient (Wildman–Crippen LogP) is 14.1. The van der Waals surface area contributed by atoms with Crippen LogP contribution in [0.15, 0.2) is 36.5 Å². The number of aliphatic hydroxyl groups excluding tert-OH is 1. The Hall–Kier alpha value is -1.77. The molecule has 59 heavy (non-hydrogen) atoms. The molecular weight excluding hydrogens is 762 g/mol. The standard InChI is InChI=1S/C49H92NO8P/c1-3-5-7-9-11-13-15-17-19-21-23-25-27-29-31-33-35-37-39-41-48(52)50-43-44-57-59(54,55)58-46-47(51)45-56-49(53)42-40-38-36-34-32-30-28-26-24-22-20-18-16-14-12-10-8-6-4-2/h12,14,18,20,24,26,47,51H,3-11,13,15-17,19,21-23,25,27-46H2,1-2H3,(H,50,52)(H,54,55)/b14-12-,20-18-,26-24-. The number of aliphatic hydroxyl groups is 1. The molecule has 3 N–H and O–H groups in total. The number of ether oxygens (including phenoxy) is 1. The van der Waals surface area contributed by atoms with E-state index in [0.717, 1.165) is 64.2 Å². The van der Waals surface area contributed by atoms with Gasteiger partial charge in [0.05, 0.1) is 13.2 Å². The Morgan fingerprint density at radius 1 is 0.525 bits per heavy atom. The Kier molecular flexibility index (Phi) is 44.4. The number of esters is 1. The minimum Gasteiger partial charge on any atom is -0.463 e. The van der Waals surface area contributed by atoms with Gasteiger partial charge in [0.2, 0.25) is 5.91 Å². The first kappa shape index (κ1) is 57.2. The van der Waals surface area contributed by atoms with Crippen molar-refractivity contribution in [3.63, 3.8) is 0 Å². The lowest BCUT2D eigenvalue weighted by molar-refractivity contribution is -0.147. The number of phosphoric acid groups is 1. The average molecular weight is 854 g/mol. The van der Waals surface area contributed by atoms with Gasteiger partial charge in [0.1, 0.15) is 12.7 Å². The highest BCUT2D eigenvalue weighted by Gasteiger charge is 2.23. The molecule has 0 aliphatic rings. The van der Waals surface area contributed by atoms with E-state index in [1.54, 1.807) is 0 Å². The second kappa shape index (κ2) is 45.7. The molecule has 1 amide bonds. The molecule has 0 aromatic carbocycles. The Labute approximate surface area is 363 Å². The van der Waals surface area contributed by atoms with Gasteiger partial charge >= 0.3 is 13.8 Å². The SMILES string of the molecule is CCCCC/C=C\C/C=C\C/C=C\CCCCCCCCC(=O)OCC(O)COP(=O)(O)OCCNC(=O)CCCCCCCCCCCCCCCCCCCCC. The topological polar surface area (TPSA) is 131 Å². The van der Waals surface area contributed by atoms with E-state index in [0.29, 0.717) is 6.42 Å². The highest BCUT2D eigenvalue weighted by atomic mass is 31.2. The van der Waals surface area contributed by atoms with Crippen molar-refractivity contribution in [2.24, 2.45) is 0 Å². The van der Waals surface area contributed by atoms with E-state index in [1.165, 1.54) is 141 Å². The van der Waals surface area contributed by atoms with Crippen LogP contribution in [0.3, 0.4) is 0 Å². The summed E-state index contributed by atoms with van der Waals surface area (Å²) in [4.78, 5) is 34.0. The van der Waals surface area contributed by atoms with Gasteiger partial charge in [-0.05, 0) is 51.4 Å². The van der Waals surface area contributed by atoms with Gasteiger partial charge in [0.25, 0.3) is 0 Å². The number of hydrogen-bond donors (Lipinski definition) is 3. The molecule has 2 unspecified atom stereocenters. The number of nitrogens with one attached hydrogen (secondary N) is 1. The fourth-order valence-electron chi connectivity index (χ4n) is 6.86. The summed E-state index contributed by atoms with van der Waals surface area (Å²) in [5, 5.41) is 12.7. The highest BCUT2D eigenvalue weighted by Crippen LogP contribution is 2.42. The highest BCUT2D eigenvalue weighted by molar-refractivity contribution is 7.47. The van der Waals surface area contributed by atoms with Gasteiger partial charge in [-0.3, -0.25) is 18.6 Å². The first-order valence-electron chi connectivity index (χ1n) is 24.5. The van der Waals surface area contributed by atoms with Gasteiger partial charge in [-0.15, -0.1) is 0 Å². The minimum absolute atomic E-state index is 0.0826. The molecule has 0 radical (unpaired) electrons. The smallest absolute Gasteiger partial charge is 0.463 e. The summed E-state index contributed by atoms with van der Waals surface area (Å²) in [6.45, 7) is 3.55. The van der Waals surface area contributed by atoms with Crippen molar-refractivity contribution in [2.75, 3.05) is 26.4 Å². The number of unbranched alkanes of at least 4 members (excludes halogenated alkanes) is 27. The van der Waals surface area contributed by atoms with Crippen LogP contribution in [0.5, 0.6) is 0 Å². The summed E-state index contributed by atoms with van der Waals surface area (Å²) in [6, 6.07) is 0. The van der Waals surface area contributed by atoms with E-state index in [9.17, 15) is 24.2 Å². The number of phosphoric ester groups is 1. The molecule has 0 fully saturated rings. The van der Waals surface area contributed by atoms with Crippen LogP contribution in [-0.2, 0) is 27.9 Å². The molecule has 0 saturated heterocycles. The second-order valence-corrected chi connectivity index (χ2v) is 17.9. The van der Waals surface area contributed by atoms with Gasteiger partial charge < -0.3 is 20.1 Å². The van der Waals surface area contributed by atoms with E-state index in [-0.39, 0.29) is 32.1 Å². The zero-order valence-corrected chi connectivity index (χ0v) is 39.1. The third-order valence-corrected chi connectivity index (χ3v) is 11.6. The summed E-state index contributed by atoms with van der Waals surface area (Å²) in [5.41, 5.74) is 0. The van der Waals surface area contributed by atoms with Crippen LogP contribution >= 0.6 is 7.82 Å². The van der Waals surface area contributed by atoms with Crippen molar-refractivity contribution in [1.82, 2.24) is 5.32 Å². The van der Waals surface area contributed by atoms with Crippen LogP contribution in [0.25, 0.3) is 0 Å². The molecule has 9 nitrogen and oxygen atoms in total. The molecule has 0 aromatic rings. The fourth-order valence-corrected chi connectivity index (χ4v) is 7.62. The lowest BCUT2D eigenvalue weighted by Crippen LogP contribution is -2.27. The zero-order chi connectivity index (χ0) is 43.2. The van der Waals surface area contributed by atoms with Crippen LogP contribution in [-0.4, -0.2) is 54.3 Å². The largest absolute Gasteiger partial charge is 0.472 e. The Morgan fingerprint density at radius 3 is 1.41 bits per heavy atom. The van der Waals surface area contributed by atoms with Crippen molar-refractivity contribution in [2.45, 2.75) is 238 Å². The molecule has 0 saturated carbocycles. The molecule has 10 heteroatoms. The van der Waals surface area contributed by atoms with Gasteiger partial charge in [-0.25, -0.2) is 4.57 Å². The summed E-state index contributed by atoms with van der Waals surface area (Å²) in [5.74, 6) is -0.522. The van der Waals surface area contributed by atoms with Crippen LogP contribution in [0.1, 0.15) is 232 Å². The van der Waals surface area contributed by atoms with E-state index < -0.39 is 26.5 Å². The molecule has 0 rings (SSSR count). The summed E-state index contributed by atoms with van der Waals surface area (Å²) in [7, 11) is -4.42. The number of amides is 1. The van der Waals surface area contributed by atoms with E-state index >= 15 is 0 Å². The number of allylic oxidation sites excluding steroid dienone is 6. The van der Waals surface area contributed by atoms with Crippen LogP contribution in [0, 0.1) is 0 Å². The molecular formula is C49H92NO8P. The second-order valence-electron chi connectivity index (χ2n) is 16.4. The van der Waals surface area contributed by atoms with Crippen LogP contribution in [0.4, 0.5) is 0 Å². The zero-order valence-electron chi connectivity index (χ0n) is 38.2. The maximum Gasteiger partial charge on any atom is 0.472 e. The van der Waals surface area contributed by atoms with Crippen molar-refractivity contribution in [1.29, 1.82) is 0 Å². The third-order valence-electron chi connectivity index (χ3n) is 10.6. The molecule has 0 aliphatic carbocycles. The Morgan fingerprint density at radius 2 is 0.915 bits per heavy atom. The van der Waals surface area contributed by atoms with Gasteiger partial charge in [0.15, 0.2) is 0 Å². The van der Waals surface area contributed by atoms with E-state index in [4.69, 9.17) is 13.8 Å². The quantitative estimate of drug-likeness (QED) is 0.0239. The Balaban J connectivity index is 3.57. The number of carbonyl (C=O) groups excluding carboxylic acids is 2. The molecule has 0 heterocycles. The first-order chi connectivity index (χ1) is 28.8. The molecule has 0 aliphatic heterocycles. The van der Waals surface area contributed by atoms with E-state index in [2.05, 4.69) is 55.6 Å². The molecule has 346 valence electrons. The van der Waals surface area contributed by atoms with E-state index in [1.807, 2.05) is 0 Å². The van der Waals surface area contributed by atoms with Crippen molar-refractivity contribution in [3.05, 3.63) is 36.5 Å². The predicted molar refractivity (Wildman–Crippen MR) is 247 cm³/mol.